The van der Waals surface area contributed by atoms with Crippen LogP contribution in [-0.4, -0.2) is 32.5 Å². The summed E-state index contributed by atoms with van der Waals surface area (Å²) in [6, 6.07) is 4.11. The Morgan fingerprint density at radius 1 is 1.16 bits per heavy atom. The second-order valence-corrected chi connectivity index (χ2v) is 5.85. The quantitative estimate of drug-likeness (QED) is 0.212. The molecule has 0 bridgehead atoms. The minimum atomic E-state index is -5.43. The summed E-state index contributed by atoms with van der Waals surface area (Å²) < 4.78 is 9.14. The van der Waals surface area contributed by atoms with Gasteiger partial charge in [-0.1, -0.05) is 6.07 Å². The minimum absolute atomic E-state index is 0. The molecular formula is C11H13NNa3O9P. The van der Waals surface area contributed by atoms with E-state index in [1.54, 1.807) is 0 Å². The van der Waals surface area contributed by atoms with Gasteiger partial charge in [0.2, 0.25) is 0 Å². The molecule has 124 valence electrons. The van der Waals surface area contributed by atoms with Crippen LogP contribution in [0, 0.1) is 0 Å². The van der Waals surface area contributed by atoms with E-state index < -0.39 is 24.8 Å². The number of hydrogen-bond acceptors (Lipinski definition) is 9. The number of carboxylic acid groups (broad SMARTS) is 2. The number of nitrogens with two attached hydrogens (primary N) is 1. The van der Waals surface area contributed by atoms with Gasteiger partial charge in [-0.2, -0.15) is 0 Å². The Hall–Kier alpha value is 0.870. The van der Waals surface area contributed by atoms with Crippen molar-refractivity contribution < 1.29 is 133 Å². The SMILES string of the molecule is CC(N)(Cc1ccc(O)c(O)c1)C(=O)O.O=C([O-])P(=O)([O-])[O-].[Na+].[Na+].[Na+]. The fourth-order valence-corrected chi connectivity index (χ4v) is 1.18. The van der Waals surface area contributed by atoms with Crippen LogP contribution >= 0.6 is 7.60 Å². The predicted molar refractivity (Wildman–Crippen MR) is 66.7 cm³/mol. The van der Waals surface area contributed by atoms with Gasteiger partial charge in [0.15, 0.2) is 11.5 Å². The molecule has 14 heteroatoms. The van der Waals surface area contributed by atoms with Crippen molar-refractivity contribution in [3.63, 3.8) is 0 Å². The van der Waals surface area contributed by atoms with E-state index >= 15 is 0 Å². The molecule has 0 amide bonds. The third-order valence-electron chi connectivity index (χ3n) is 2.32. The van der Waals surface area contributed by atoms with Crippen LogP contribution in [0.3, 0.4) is 0 Å². The van der Waals surface area contributed by atoms with Crippen molar-refractivity contribution in [1.29, 1.82) is 0 Å². The second kappa shape index (κ2) is 14.0. The van der Waals surface area contributed by atoms with Gasteiger partial charge in [0.25, 0.3) is 0 Å². The number of carbonyl (C=O) groups excluding carboxylic acids is 1. The normalized spacial score (nSPS) is 11.8. The van der Waals surface area contributed by atoms with E-state index in [1.807, 2.05) is 0 Å². The summed E-state index contributed by atoms with van der Waals surface area (Å²) in [6.45, 7) is 1.39. The zero-order chi connectivity index (χ0) is 17.7. The summed E-state index contributed by atoms with van der Waals surface area (Å²) in [5.74, 6) is -1.64. The van der Waals surface area contributed by atoms with Crippen molar-refractivity contribution in [2.45, 2.75) is 18.9 Å². The number of carboxylic acids is 1. The molecule has 0 spiro atoms. The molecular weight excluding hydrogens is 390 g/mol. The van der Waals surface area contributed by atoms with E-state index in [1.165, 1.54) is 25.1 Å². The molecule has 0 radical (unpaired) electrons. The predicted octanol–water partition coefficient (Wildman–Crippen LogP) is -11.3. The number of phenols is 2. The first kappa shape index (κ1) is 33.5. The van der Waals surface area contributed by atoms with Crippen LogP contribution in [0.2, 0.25) is 0 Å². The standard InChI is InChI=1S/C10H13NO4.CH3O5P.3Na/c1-10(11,9(14)15)5-6-2-3-7(12)8(13)4-6;2-1(3)7(4,5)6;;;/h2-4,12-13H,5,11H2,1H3,(H,14,15);(H,2,3)(H2,4,5,6);;;/q;;3*+1/p-3. The summed E-state index contributed by atoms with van der Waals surface area (Å²) in [5, 5.41) is 36.1. The molecule has 5 N–H and O–H groups in total. The van der Waals surface area contributed by atoms with Crippen LogP contribution in [0.5, 0.6) is 11.5 Å². The van der Waals surface area contributed by atoms with Crippen LogP contribution in [0.25, 0.3) is 0 Å². The molecule has 0 saturated carbocycles. The van der Waals surface area contributed by atoms with Crippen LogP contribution in [-0.2, 0) is 15.8 Å². The number of phenolic OH excluding ortho intramolecular Hbond substituents is 2. The van der Waals surface area contributed by atoms with Crippen LogP contribution in [0.4, 0.5) is 4.79 Å². The number of carbonyl (C=O) groups is 2. The molecule has 0 aliphatic carbocycles. The number of benzene rings is 1. The van der Waals surface area contributed by atoms with Gasteiger partial charge < -0.3 is 45.3 Å². The van der Waals surface area contributed by atoms with E-state index in [0.29, 0.717) is 5.56 Å². The molecule has 0 aliphatic rings. The third kappa shape index (κ3) is 13.7. The molecule has 1 rings (SSSR count). The largest absolute Gasteiger partial charge is 1.00 e. The van der Waals surface area contributed by atoms with E-state index in [2.05, 4.69) is 0 Å². The Bertz CT molecular complexity index is 621. The molecule has 1 aromatic rings. The Balaban J connectivity index is -0.000000192. The van der Waals surface area contributed by atoms with Gasteiger partial charge in [-0.15, -0.1) is 0 Å². The first-order valence-electron chi connectivity index (χ1n) is 5.54. The molecule has 10 nitrogen and oxygen atoms in total. The zero-order valence-electron chi connectivity index (χ0n) is 14.3. The van der Waals surface area contributed by atoms with Crippen molar-refractivity contribution in [2.24, 2.45) is 5.73 Å². The van der Waals surface area contributed by atoms with Crippen LogP contribution in [0.15, 0.2) is 18.2 Å². The first-order chi connectivity index (χ1) is 9.77. The first-order valence-corrected chi connectivity index (χ1v) is 7.08. The average Bonchev–Trinajstić information content (AvgIpc) is 2.33. The van der Waals surface area contributed by atoms with E-state index in [9.17, 15) is 9.90 Å². The minimum Gasteiger partial charge on any atom is -0.807 e. The molecule has 25 heavy (non-hydrogen) atoms. The van der Waals surface area contributed by atoms with E-state index in [4.69, 9.17) is 40.2 Å². The molecule has 0 aliphatic heterocycles. The van der Waals surface area contributed by atoms with Crippen molar-refractivity contribution in [3.8, 4) is 11.5 Å². The Morgan fingerprint density at radius 3 is 1.84 bits per heavy atom. The average molecular weight is 403 g/mol. The van der Waals surface area contributed by atoms with E-state index in [0.717, 1.165) is 0 Å². The molecule has 1 aromatic carbocycles. The molecule has 0 fully saturated rings. The molecule has 0 heterocycles. The maximum Gasteiger partial charge on any atom is 1.00 e. The topological polar surface area (TPSA) is 207 Å². The summed E-state index contributed by atoms with van der Waals surface area (Å²) in [7, 11) is -5.43. The summed E-state index contributed by atoms with van der Waals surface area (Å²) >= 11 is 0. The number of hydrogen-bond donors (Lipinski definition) is 4. The van der Waals surface area contributed by atoms with Gasteiger partial charge in [-0.05, 0) is 32.2 Å². The van der Waals surface area contributed by atoms with Crippen LogP contribution in [0.1, 0.15) is 12.5 Å². The fourth-order valence-electron chi connectivity index (χ4n) is 1.18. The van der Waals surface area contributed by atoms with Gasteiger partial charge in [0, 0.05) is 6.42 Å². The van der Waals surface area contributed by atoms with Gasteiger partial charge in [0.05, 0.1) is 5.71 Å². The Morgan fingerprint density at radius 2 is 1.56 bits per heavy atom. The maximum absolute atomic E-state index is 10.7. The van der Waals surface area contributed by atoms with E-state index in [-0.39, 0.29) is 107 Å². The van der Waals surface area contributed by atoms with Crippen molar-refractivity contribution in [2.75, 3.05) is 0 Å². The maximum atomic E-state index is 10.7. The van der Waals surface area contributed by atoms with Gasteiger partial charge in [0.1, 0.15) is 5.54 Å². The smallest absolute Gasteiger partial charge is 0.807 e. The summed E-state index contributed by atoms with van der Waals surface area (Å²) in [4.78, 5) is 38.0. The zero-order valence-corrected chi connectivity index (χ0v) is 21.1. The Kier molecular flexibility index (Phi) is 18.7. The fraction of sp³-hybridized carbons (Fsp3) is 0.273. The summed E-state index contributed by atoms with van der Waals surface area (Å²) in [6.07, 6.45) is 0.0795. The molecule has 1 atom stereocenters. The summed E-state index contributed by atoms with van der Waals surface area (Å²) in [5.41, 5.74) is 2.14. The van der Waals surface area contributed by atoms with Gasteiger partial charge in [-0.25, -0.2) is 0 Å². The third-order valence-corrected chi connectivity index (χ3v) is 2.77. The van der Waals surface area contributed by atoms with Crippen molar-refractivity contribution in [3.05, 3.63) is 23.8 Å². The monoisotopic (exact) mass is 403 g/mol. The number of aromatic hydroxyl groups is 2. The van der Waals surface area contributed by atoms with Gasteiger partial charge >= 0.3 is 94.6 Å². The van der Waals surface area contributed by atoms with Crippen LogP contribution < -0.4 is 109 Å². The second-order valence-electron chi connectivity index (χ2n) is 4.49. The molecule has 1 unspecified atom stereocenters. The number of rotatable bonds is 4. The van der Waals surface area contributed by atoms with Gasteiger partial charge in [-0.3, -0.25) is 4.79 Å². The Labute approximate surface area is 209 Å². The molecule has 0 saturated heterocycles. The van der Waals surface area contributed by atoms with Crippen molar-refractivity contribution >= 4 is 19.3 Å². The van der Waals surface area contributed by atoms with Crippen molar-refractivity contribution in [1.82, 2.24) is 0 Å². The number of aliphatic carboxylic acids is 1. The molecule has 0 aromatic heterocycles.